The van der Waals surface area contributed by atoms with E-state index in [0.29, 0.717) is 0 Å². The second-order valence-corrected chi connectivity index (χ2v) is 3.27. The molecular weight excluding hydrogens is 154 g/mol. The van der Waals surface area contributed by atoms with Crippen molar-refractivity contribution in [1.29, 1.82) is 0 Å². The van der Waals surface area contributed by atoms with Crippen molar-refractivity contribution in [2.45, 2.75) is 13.8 Å². The first kappa shape index (κ1) is 9.18. The van der Waals surface area contributed by atoms with Crippen molar-refractivity contribution in [2.75, 3.05) is 12.9 Å². The Kier molecular flexibility index (Phi) is 3.44. The third-order valence-corrected chi connectivity index (χ3v) is 2.80. The highest BCUT2D eigenvalue weighted by molar-refractivity contribution is 8.03. The fourth-order valence-corrected chi connectivity index (χ4v) is 1.61. The van der Waals surface area contributed by atoms with E-state index in [4.69, 9.17) is 0 Å². The van der Waals surface area contributed by atoms with Crippen LogP contribution < -0.4 is 0 Å². The molecule has 9 heavy (non-hydrogen) atoms. The summed E-state index contributed by atoms with van der Waals surface area (Å²) in [6, 6.07) is 0. The van der Waals surface area contributed by atoms with Gasteiger partial charge in [-0.05, 0) is 13.8 Å². The van der Waals surface area contributed by atoms with E-state index in [1.54, 1.807) is 0 Å². The Morgan fingerprint density at radius 1 is 1.44 bits per heavy atom. The lowest BCUT2D eigenvalue weighted by molar-refractivity contribution is 0.502. The van der Waals surface area contributed by atoms with Crippen LogP contribution in [0.1, 0.15) is 13.8 Å². The number of allylic oxidation sites excluding steroid dienone is 2. The number of nitrogens with zero attached hydrogens (tertiary/aromatic N) is 1. The van der Waals surface area contributed by atoms with Crippen LogP contribution in [-0.2, 0) is 0 Å². The molecule has 0 unspecified atom stereocenters. The lowest BCUT2D eigenvalue weighted by Gasteiger charge is -2.09. The van der Waals surface area contributed by atoms with Gasteiger partial charge in [0.2, 0.25) is 0 Å². The second-order valence-electron chi connectivity index (χ2n) is 2.11. The predicted octanol–water partition coefficient (Wildman–Crippen LogP) is 2.30. The van der Waals surface area contributed by atoms with Gasteiger partial charge in [0, 0.05) is 17.6 Å². The third-order valence-electron chi connectivity index (χ3n) is 1.56. The van der Waals surface area contributed by atoms with Gasteiger partial charge in [0.15, 0.2) is 0 Å². The summed E-state index contributed by atoms with van der Waals surface area (Å²) in [7, 11) is 2.12. The molecule has 0 aromatic carbocycles. The first-order chi connectivity index (χ1) is 3.72. The molecule has 0 aromatic heterocycles. The molecule has 0 radical (unpaired) electrons. The molecule has 54 valence electrons. The van der Waals surface area contributed by atoms with E-state index in [0.717, 1.165) is 5.88 Å². The second kappa shape index (κ2) is 3.37. The van der Waals surface area contributed by atoms with Gasteiger partial charge in [-0.3, -0.25) is 0 Å². The first-order valence-corrected chi connectivity index (χ1v) is 3.72. The topological polar surface area (TPSA) is 3.24 Å². The zero-order valence-corrected chi connectivity index (χ0v) is 7.60. The highest BCUT2D eigenvalue weighted by Crippen LogP contribution is 2.28. The molecule has 1 rings (SSSR count). The summed E-state index contributed by atoms with van der Waals surface area (Å²) in [6.45, 7) is 4.33. The Hall–Kier alpha value is 0.180. The zero-order valence-electron chi connectivity index (χ0n) is 5.97. The monoisotopic (exact) mass is 165 g/mol. The first-order valence-electron chi connectivity index (χ1n) is 2.73. The van der Waals surface area contributed by atoms with Crippen LogP contribution in [0.4, 0.5) is 0 Å². The molecule has 0 bridgehead atoms. The van der Waals surface area contributed by atoms with Crippen molar-refractivity contribution in [3.8, 4) is 0 Å². The Balaban J connectivity index is 0.000000640. The Bertz CT molecular complexity index is 133. The van der Waals surface area contributed by atoms with Crippen molar-refractivity contribution in [1.82, 2.24) is 4.90 Å². The maximum absolute atomic E-state index is 2.26. The summed E-state index contributed by atoms with van der Waals surface area (Å²) in [6.07, 6.45) is 0. The Morgan fingerprint density at radius 2 is 2.00 bits per heavy atom. The molecule has 3 heteroatoms. The predicted molar refractivity (Wildman–Crippen MR) is 45.8 cm³/mol. The van der Waals surface area contributed by atoms with E-state index >= 15 is 0 Å². The molecule has 0 aromatic rings. The minimum Gasteiger partial charge on any atom is -0.368 e. The van der Waals surface area contributed by atoms with Crippen molar-refractivity contribution >= 4 is 24.2 Å². The van der Waals surface area contributed by atoms with Gasteiger partial charge in [-0.15, -0.1) is 24.2 Å². The molecule has 1 aliphatic rings. The number of thioether (sulfide) groups is 1. The van der Waals surface area contributed by atoms with E-state index < -0.39 is 0 Å². The lowest BCUT2D eigenvalue weighted by atomic mass is 10.4. The SMILES string of the molecule is CC1=C(C)N(C)CS1.Cl. The zero-order chi connectivity index (χ0) is 6.15. The molecule has 0 atom stereocenters. The largest absolute Gasteiger partial charge is 0.368 e. The minimum absolute atomic E-state index is 0. The van der Waals surface area contributed by atoms with Crippen molar-refractivity contribution in [3.63, 3.8) is 0 Å². The number of rotatable bonds is 0. The third kappa shape index (κ3) is 1.80. The van der Waals surface area contributed by atoms with Crippen molar-refractivity contribution in [2.24, 2.45) is 0 Å². The molecule has 0 amide bonds. The highest BCUT2D eigenvalue weighted by Gasteiger charge is 2.10. The Labute approximate surface area is 66.9 Å². The average Bonchev–Trinajstić information content (AvgIpc) is 1.98. The van der Waals surface area contributed by atoms with Gasteiger partial charge in [0.25, 0.3) is 0 Å². The van der Waals surface area contributed by atoms with E-state index in [2.05, 4.69) is 25.8 Å². The fraction of sp³-hybridized carbons (Fsp3) is 0.667. The molecule has 0 N–H and O–H groups in total. The normalized spacial score (nSPS) is 18.3. The van der Waals surface area contributed by atoms with Gasteiger partial charge in [0.05, 0.1) is 5.88 Å². The van der Waals surface area contributed by atoms with E-state index in [1.807, 2.05) is 11.8 Å². The van der Waals surface area contributed by atoms with Gasteiger partial charge in [-0.25, -0.2) is 0 Å². The molecular formula is C6H12ClNS. The van der Waals surface area contributed by atoms with Gasteiger partial charge in [0.1, 0.15) is 0 Å². The highest BCUT2D eigenvalue weighted by atomic mass is 35.5. The molecule has 1 nitrogen and oxygen atoms in total. The van der Waals surface area contributed by atoms with E-state index in [-0.39, 0.29) is 12.4 Å². The van der Waals surface area contributed by atoms with Gasteiger partial charge in [-0.1, -0.05) is 0 Å². The van der Waals surface area contributed by atoms with Crippen LogP contribution in [0.5, 0.6) is 0 Å². The lowest BCUT2D eigenvalue weighted by Crippen LogP contribution is -2.09. The quantitative estimate of drug-likeness (QED) is 0.542. The summed E-state index contributed by atoms with van der Waals surface area (Å²) >= 11 is 1.92. The van der Waals surface area contributed by atoms with E-state index in [9.17, 15) is 0 Å². The van der Waals surface area contributed by atoms with Crippen LogP contribution in [0, 0.1) is 0 Å². The van der Waals surface area contributed by atoms with Crippen LogP contribution in [0.15, 0.2) is 10.6 Å². The van der Waals surface area contributed by atoms with E-state index in [1.165, 1.54) is 10.6 Å². The van der Waals surface area contributed by atoms with Crippen LogP contribution >= 0.6 is 24.2 Å². The van der Waals surface area contributed by atoms with Crippen LogP contribution in [0.2, 0.25) is 0 Å². The summed E-state index contributed by atoms with van der Waals surface area (Å²) in [5.74, 6) is 1.14. The number of hydrogen-bond acceptors (Lipinski definition) is 2. The molecule has 0 fully saturated rings. The van der Waals surface area contributed by atoms with Crippen molar-refractivity contribution < 1.29 is 0 Å². The summed E-state index contributed by atoms with van der Waals surface area (Å²) in [5.41, 5.74) is 1.43. The van der Waals surface area contributed by atoms with Gasteiger partial charge < -0.3 is 4.90 Å². The number of hydrogen-bond donors (Lipinski definition) is 0. The molecule has 0 saturated heterocycles. The molecule has 0 aliphatic carbocycles. The Morgan fingerprint density at radius 3 is 2.11 bits per heavy atom. The average molecular weight is 166 g/mol. The van der Waals surface area contributed by atoms with Crippen LogP contribution in [-0.4, -0.2) is 17.8 Å². The van der Waals surface area contributed by atoms with Gasteiger partial charge in [-0.2, -0.15) is 0 Å². The fourth-order valence-electron chi connectivity index (χ4n) is 0.664. The number of halogens is 1. The molecule has 0 spiro atoms. The van der Waals surface area contributed by atoms with Gasteiger partial charge >= 0.3 is 0 Å². The maximum atomic E-state index is 2.26. The van der Waals surface area contributed by atoms with Crippen LogP contribution in [0.25, 0.3) is 0 Å². The standard InChI is InChI=1S/C6H11NS.ClH/c1-5-6(2)8-4-7(5)3;/h4H2,1-3H3;1H. The summed E-state index contributed by atoms with van der Waals surface area (Å²) in [4.78, 5) is 3.73. The van der Waals surface area contributed by atoms with Crippen LogP contribution in [0.3, 0.4) is 0 Å². The minimum atomic E-state index is 0. The molecule has 1 heterocycles. The summed E-state index contributed by atoms with van der Waals surface area (Å²) < 4.78 is 0. The molecule has 1 aliphatic heterocycles. The molecule has 0 saturated carbocycles. The smallest absolute Gasteiger partial charge is 0.0677 e. The summed E-state index contributed by atoms with van der Waals surface area (Å²) in [5, 5.41) is 0. The maximum Gasteiger partial charge on any atom is 0.0677 e. The van der Waals surface area contributed by atoms with Crippen molar-refractivity contribution in [3.05, 3.63) is 10.6 Å².